The van der Waals surface area contributed by atoms with Crippen LogP contribution >= 0.6 is 0 Å². The Labute approximate surface area is 212 Å². The zero-order chi connectivity index (χ0) is 25.1. The molecule has 0 heterocycles. The molecule has 4 heteroatoms. The lowest BCUT2D eigenvalue weighted by Gasteiger charge is -2.18. The molecular weight excluding hydrogens is 424 g/mol. The molecule has 0 saturated heterocycles. The molecule has 0 aromatic carbocycles. The van der Waals surface area contributed by atoms with Crippen LogP contribution in [0.3, 0.4) is 0 Å². The van der Waals surface area contributed by atoms with Crippen LogP contribution in [0, 0.1) is 0 Å². The molecule has 34 heavy (non-hydrogen) atoms. The van der Waals surface area contributed by atoms with Crippen molar-refractivity contribution in [1.29, 1.82) is 0 Å². The lowest BCUT2D eigenvalue weighted by atomic mass is 10.0. The summed E-state index contributed by atoms with van der Waals surface area (Å²) in [5.41, 5.74) is 0. The van der Waals surface area contributed by atoms with E-state index in [4.69, 9.17) is 9.84 Å². The molecule has 202 valence electrons. The van der Waals surface area contributed by atoms with E-state index in [2.05, 4.69) is 13.8 Å². The number of carbonyl (C=O) groups is 2. The van der Waals surface area contributed by atoms with Crippen molar-refractivity contribution in [2.45, 2.75) is 180 Å². The van der Waals surface area contributed by atoms with Gasteiger partial charge in [0, 0.05) is 12.8 Å². The molecule has 1 unspecified atom stereocenters. The molecule has 0 aromatic heterocycles. The van der Waals surface area contributed by atoms with E-state index in [1.807, 2.05) is 0 Å². The van der Waals surface area contributed by atoms with Crippen LogP contribution < -0.4 is 0 Å². The Kier molecular flexibility index (Phi) is 25.7. The van der Waals surface area contributed by atoms with Crippen molar-refractivity contribution < 1.29 is 19.4 Å². The van der Waals surface area contributed by atoms with Crippen LogP contribution in [-0.2, 0) is 14.3 Å². The van der Waals surface area contributed by atoms with E-state index in [-0.39, 0.29) is 18.5 Å². The Balaban J connectivity index is 3.82. The maximum atomic E-state index is 12.4. The predicted molar refractivity (Wildman–Crippen MR) is 144 cm³/mol. The monoisotopic (exact) mass is 482 g/mol. The second-order valence-electron chi connectivity index (χ2n) is 10.3. The minimum atomic E-state index is -0.744. The molecule has 0 rings (SSSR count). The van der Waals surface area contributed by atoms with Gasteiger partial charge in [0.25, 0.3) is 0 Å². The first kappa shape index (κ1) is 32.9. The predicted octanol–water partition coefficient (Wildman–Crippen LogP) is 9.78. The number of carboxylic acids is 1. The van der Waals surface area contributed by atoms with Gasteiger partial charge in [0.15, 0.2) is 0 Å². The normalized spacial score (nSPS) is 12.1. The first-order valence-electron chi connectivity index (χ1n) is 15.0. The maximum absolute atomic E-state index is 12.4. The highest BCUT2D eigenvalue weighted by atomic mass is 16.5. The number of hydrogen-bond acceptors (Lipinski definition) is 3. The smallest absolute Gasteiger partial charge is 0.306 e. The third-order valence-corrected chi connectivity index (χ3v) is 6.83. The molecule has 0 aliphatic rings. The van der Waals surface area contributed by atoms with Crippen LogP contribution in [0.2, 0.25) is 0 Å². The third-order valence-electron chi connectivity index (χ3n) is 6.83. The van der Waals surface area contributed by atoms with E-state index < -0.39 is 5.97 Å². The zero-order valence-corrected chi connectivity index (χ0v) is 22.9. The first-order chi connectivity index (χ1) is 16.6. The summed E-state index contributed by atoms with van der Waals surface area (Å²) in [5, 5.41) is 8.83. The lowest BCUT2D eigenvalue weighted by molar-refractivity contribution is -0.150. The Morgan fingerprint density at radius 2 is 0.882 bits per heavy atom. The summed E-state index contributed by atoms with van der Waals surface area (Å²) >= 11 is 0. The molecule has 4 nitrogen and oxygen atoms in total. The first-order valence-corrected chi connectivity index (χ1v) is 15.0. The van der Waals surface area contributed by atoms with Crippen LogP contribution in [-0.4, -0.2) is 23.1 Å². The summed E-state index contributed by atoms with van der Waals surface area (Å²) in [5.74, 6) is -0.802. The van der Waals surface area contributed by atoms with Crippen LogP contribution in [0.5, 0.6) is 0 Å². The standard InChI is InChI=1S/C30H58O4/c1-3-5-7-9-11-12-13-14-15-16-17-19-21-27-30(33)34-28(25-22-23-26-29(31)32)24-20-18-10-8-6-4-2/h28H,3-27H2,1-2H3,(H,31,32). The number of aliphatic carboxylic acids is 1. The number of ether oxygens (including phenoxy) is 1. The van der Waals surface area contributed by atoms with Gasteiger partial charge in [0.2, 0.25) is 0 Å². The van der Waals surface area contributed by atoms with Gasteiger partial charge in [-0.1, -0.05) is 123 Å². The van der Waals surface area contributed by atoms with Crippen molar-refractivity contribution in [1.82, 2.24) is 0 Å². The number of rotatable bonds is 27. The summed E-state index contributed by atoms with van der Waals surface area (Å²) < 4.78 is 5.81. The number of hydrogen-bond donors (Lipinski definition) is 1. The van der Waals surface area contributed by atoms with Gasteiger partial charge in [-0.25, -0.2) is 0 Å². The molecule has 0 aliphatic carbocycles. The van der Waals surface area contributed by atoms with Crippen molar-refractivity contribution in [3.8, 4) is 0 Å². The highest BCUT2D eigenvalue weighted by Crippen LogP contribution is 2.18. The highest BCUT2D eigenvalue weighted by Gasteiger charge is 2.14. The van der Waals surface area contributed by atoms with Gasteiger partial charge in [-0.3, -0.25) is 9.59 Å². The summed E-state index contributed by atoms with van der Waals surface area (Å²) in [6.45, 7) is 4.49. The van der Waals surface area contributed by atoms with Crippen LogP contribution in [0.1, 0.15) is 174 Å². The fraction of sp³-hybridized carbons (Fsp3) is 0.933. The molecule has 0 aromatic rings. The Morgan fingerprint density at radius 1 is 0.529 bits per heavy atom. The third kappa shape index (κ3) is 25.6. The van der Waals surface area contributed by atoms with E-state index in [1.165, 1.54) is 103 Å². The van der Waals surface area contributed by atoms with Gasteiger partial charge in [0.05, 0.1) is 0 Å². The molecule has 1 atom stereocenters. The van der Waals surface area contributed by atoms with Crippen molar-refractivity contribution >= 4 is 11.9 Å². The van der Waals surface area contributed by atoms with E-state index in [0.29, 0.717) is 12.8 Å². The highest BCUT2D eigenvalue weighted by molar-refractivity contribution is 5.69. The second-order valence-corrected chi connectivity index (χ2v) is 10.3. The van der Waals surface area contributed by atoms with Gasteiger partial charge in [-0.05, 0) is 38.5 Å². The van der Waals surface area contributed by atoms with Gasteiger partial charge < -0.3 is 9.84 Å². The molecule has 0 spiro atoms. The van der Waals surface area contributed by atoms with Crippen LogP contribution in [0.25, 0.3) is 0 Å². The van der Waals surface area contributed by atoms with Crippen molar-refractivity contribution in [2.24, 2.45) is 0 Å². The summed E-state index contributed by atoms with van der Waals surface area (Å²) in [6, 6.07) is 0. The molecule has 0 fully saturated rings. The topological polar surface area (TPSA) is 63.6 Å². The van der Waals surface area contributed by atoms with E-state index in [1.54, 1.807) is 0 Å². The average molecular weight is 483 g/mol. The Hall–Kier alpha value is -1.06. The Morgan fingerprint density at radius 3 is 1.32 bits per heavy atom. The number of unbranched alkanes of at least 4 members (excludes halogenated alkanes) is 18. The largest absolute Gasteiger partial charge is 0.481 e. The Bertz CT molecular complexity index is 449. The molecule has 0 saturated carbocycles. The van der Waals surface area contributed by atoms with Crippen molar-refractivity contribution in [3.63, 3.8) is 0 Å². The fourth-order valence-corrected chi connectivity index (χ4v) is 4.59. The van der Waals surface area contributed by atoms with Gasteiger partial charge in [0.1, 0.15) is 6.10 Å². The van der Waals surface area contributed by atoms with E-state index in [9.17, 15) is 9.59 Å². The SMILES string of the molecule is CCCCCCCCCCCCCCCC(=O)OC(CCCCCCCC)CCCCC(=O)O. The quantitative estimate of drug-likeness (QED) is 0.0934. The van der Waals surface area contributed by atoms with Crippen LogP contribution in [0.15, 0.2) is 0 Å². The molecule has 0 amide bonds. The van der Waals surface area contributed by atoms with Gasteiger partial charge >= 0.3 is 11.9 Å². The number of esters is 1. The molecule has 0 aliphatic heterocycles. The summed E-state index contributed by atoms with van der Waals surface area (Å²) in [7, 11) is 0. The fourth-order valence-electron chi connectivity index (χ4n) is 4.59. The minimum absolute atomic E-state index is 0.0329. The lowest BCUT2D eigenvalue weighted by Crippen LogP contribution is -2.18. The molecule has 1 N–H and O–H groups in total. The van der Waals surface area contributed by atoms with Gasteiger partial charge in [-0.2, -0.15) is 0 Å². The molecule has 0 bridgehead atoms. The summed E-state index contributed by atoms with van der Waals surface area (Å²) in [6.07, 6.45) is 28.2. The average Bonchev–Trinajstić information content (AvgIpc) is 2.81. The van der Waals surface area contributed by atoms with Crippen LogP contribution in [0.4, 0.5) is 0 Å². The van der Waals surface area contributed by atoms with E-state index >= 15 is 0 Å². The summed E-state index contributed by atoms with van der Waals surface area (Å²) in [4.78, 5) is 23.1. The van der Waals surface area contributed by atoms with Gasteiger partial charge in [-0.15, -0.1) is 0 Å². The zero-order valence-electron chi connectivity index (χ0n) is 22.9. The molecular formula is C30H58O4. The molecule has 0 radical (unpaired) electrons. The van der Waals surface area contributed by atoms with E-state index in [0.717, 1.165) is 38.5 Å². The maximum Gasteiger partial charge on any atom is 0.306 e. The second kappa shape index (κ2) is 26.5. The van der Waals surface area contributed by atoms with Crippen molar-refractivity contribution in [3.05, 3.63) is 0 Å². The number of carbonyl (C=O) groups excluding carboxylic acids is 1. The van der Waals surface area contributed by atoms with Crippen molar-refractivity contribution in [2.75, 3.05) is 0 Å². The minimum Gasteiger partial charge on any atom is -0.481 e. The number of carboxylic acid groups (broad SMARTS) is 1.